The summed E-state index contributed by atoms with van der Waals surface area (Å²) in [5, 5.41) is 11.3. The highest BCUT2D eigenvalue weighted by molar-refractivity contribution is 6.46. The van der Waals surface area contributed by atoms with E-state index in [9.17, 15) is 14.7 Å². The van der Waals surface area contributed by atoms with Gasteiger partial charge in [0.2, 0.25) is 0 Å². The highest BCUT2D eigenvalue weighted by Crippen LogP contribution is 2.40. The second-order valence-electron chi connectivity index (χ2n) is 10.5. The molecule has 0 aromatic heterocycles. The molecule has 2 aromatic carbocycles. The smallest absolute Gasteiger partial charge is 0.295 e. The van der Waals surface area contributed by atoms with Crippen LogP contribution in [-0.4, -0.2) is 60.4 Å². The third kappa shape index (κ3) is 5.76. The average molecular weight is 479 g/mol. The van der Waals surface area contributed by atoms with Gasteiger partial charge in [0.25, 0.3) is 11.7 Å². The molecule has 35 heavy (non-hydrogen) atoms. The molecular weight excluding hydrogens is 440 g/mol. The van der Waals surface area contributed by atoms with Crippen LogP contribution in [0.3, 0.4) is 0 Å². The number of aliphatic hydroxyl groups excluding tert-OH is 1. The molecule has 1 aliphatic heterocycles. The first-order valence-electron chi connectivity index (χ1n) is 12.2. The summed E-state index contributed by atoms with van der Waals surface area (Å²) in [6, 6.07) is 12.7. The van der Waals surface area contributed by atoms with Gasteiger partial charge in [0.1, 0.15) is 11.5 Å². The lowest BCUT2D eigenvalue weighted by Crippen LogP contribution is -2.35. The molecule has 0 saturated carbocycles. The maximum atomic E-state index is 13.2. The molecular formula is C29H38N2O4. The van der Waals surface area contributed by atoms with Crippen molar-refractivity contribution in [1.82, 2.24) is 9.80 Å². The molecule has 0 unspecified atom stereocenters. The van der Waals surface area contributed by atoms with E-state index in [4.69, 9.17) is 4.74 Å². The number of Topliss-reactive ketones (excluding diaryl/α,β-unsaturated/α-hetero) is 1. The van der Waals surface area contributed by atoms with Crippen molar-refractivity contribution in [2.24, 2.45) is 0 Å². The highest BCUT2D eigenvalue weighted by Gasteiger charge is 2.46. The van der Waals surface area contributed by atoms with Crippen LogP contribution in [0.1, 0.15) is 62.4 Å². The lowest BCUT2D eigenvalue weighted by atomic mass is 9.85. The van der Waals surface area contributed by atoms with Gasteiger partial charge in [0.15, 0.2) is 0 Å². The van der Waals surface area contributed by atoms with Crippen LogP contribution in [0.5, 0.6) is 5.75 Å². The van der Waals surface area contributed by atoms with Crippen molar-refractivity contribution in [1.29, 1.82) is 0 Å². The minimum absolute atomic E-state index is 0.0234. The van der Waals surface area contributed by atoms with E-state index in [1.807, 2.05) is 57.1 Å². The summed E-state index contributed by atoms with van der Waals surface area (Å²) in [5.74, 6) is -0.664. The Bertz CT molecular complexity index is 1110. The summed E-state index contributed by atoms with van der Waals surface area (Å²) in [7, 11) is 3.85. The molecule has 0 spiro atoms. The van der Waals surface area contributed by atoms with Gasteiger partial charge >= 0.3 is 0 Å². The predicted octanol–water partition coefficient (Wildman–Crippen LogP) is 5.06. The molecule has 1 aliphatic rings. The Morgan fingerprint density at radius 3 is 2.29 bits per heavy atom. The number of carbonyl (C=O) groups is 2. The number of benzene rings is 2. The number of aliphatic hydroxyl groups is 1. The largest absolute Gasteiger partial charge is 0.507 e. The molecule has 6 nitrogen and oxygen atoms in total. The van der Waals surface area contributed by atoms with Gasteiger partial charge < -0.3 is 19.6 Å². The van der Waals surface area contributed by atoms with E-state index in [0.717, 1.165) is 28.9 Å². The van der Waals surface area contributed by atoms with Gasteiger partial charge in [-0.2, -0.15) is 0 Å². The van der Waals surface area contributed by atoms with Gasteiger partial charge in [-0.05, 0) is 67.7 Å². The van der Waals surface area contributed by atoms with Crippen LogP contribution in [0.15, 0.2) is 48.0 Å². The Morgan fingerprint density at radius 2 is 1.74 bits per heavy atom. The lowest BCUT2D eigenvalue weighted by molar-refractivity contribution is -0.140. The number of hydrogen-bond donors (Lipinski definition) is 1. The first-order valence-corrected chi connectivity index (χ1v) is 12.2. The van der Waals surface area contributed by atoms with E-state index in [0.29, 0.717) is 25.3 Å². The number of aryl methyl sites for hydroxylation is 1. The second-order valence-corrected chi connectivity index (χ2v) is 10.5. The molecule has 1 N–H and O–H groups in total. The third-order valence-electron chi connectivity index (χ3n) is 6.33. The summed E-state index contributed by atoms with van der Waals surface area (Å²) in [4.78, 5) is 29.9. The number of ketones is 1. The fraction of sp³-hybridized carbons (Fsp3) is 0.448. The van der Waals surface area contributed by atoms with Crippen LogP contribution >= 0.6 is 0 Å². The van der Waals surface area contributed by atoms with Gasteiger partial charge in [-0.15, -0.1) is 0 Å². The number of likely N-dealkylation sites (tertiary alicyclic amines) is 1. The minimum Gasteiger partial charge on any atom is -0.507 e. The number of hydrogen-bond acceptors (Lipinski definition) is 5. The first kappa shape index (κ1) is 26.5. The Labute approximate surface area is 209 Å². The predicted molar refractivity (Wildman–Crippen MR) is 140 cm³/mol. The average Bonchev–Trinajstić information content (AvgIpc) is 3.05. The van der Waals surface area contributed by atoms with Crippen LogP contribution in [0.25, 0.3) is 5.76 Å². The molecule has 0 bridgehead atoms. The Morgan fingerprint density at radius 1 is 1.09 bits per heavy atom. The summed E-state index contributed by atoms with van der Waals surface area (Å²) in [6.45, 7) is 12.0. The number of nitrogens with zero attached hydrogens (tertiary/aromatic N) is 2. The van der Waals surface area contributed by atoms with E-state index in [2.05, 4.69) is 20.8 Å². The molecule has 3 rings (SSSR count). The molecule has 188 valence electrons. The molecule has 1 amide bonds. The highest BCUT2D eigenvalue weighted by atomic mass is 16.5. The normalized spacial score (nSPS) is 17.9. The number of likely N-dealkylation sites (N-methyl/N-ethyl adjacent to an activating group) is 1. The number of amides is 1. The van der Waals surface area contributed by atoms with E-state index < -0.39 is 17.7 Å². The van der Waals surface area contributed by atoms with Gasteiger partial charge in [-0.25, -0.2) is 0 Å². The minimum atomic E-state index is -0.657. The summed E-state index contributed by atoms with van der Waals surface area (Å²) < 4.78 is 5.75. The second kappa shape index (κ2) is 10.6. The van der Waals surface area contributed by atoms with Crippen LogP contribution in [0.4, 0.5) is 0 Å². The van der Waals surface area contributed by atoms with Crippen LogP contribution < -0.4 is 4.74 Å². The maximum Gasteiger partial charge on any atom is 0.295 e. The molecule has 1 saturated heterocycles. The quantitative estimate of drug-likeness (QED) is 0.326. The Hall–Kier alpha value is -3.12. The molecule has 2 aromatic rings. The number of carbonyl (C=O) groups excluding carboxylic acids is 2. The van der Waals surface area contributed by atoms with Crippen molar-refractivity contribution in [2.75, 3.05) is 33.8 Å². The lowest BCUT2D eigenvalue weighted by Gasteiger charge is -2.27. The van der Waals surface area contributed by atoms with Crippen molar-refractivity contribution in [3.8, 4) is 5.75 Å². The number of rotatable bonds is 8. The monoisotopic (exact) mass is 478 g/mol. The van der Waals surface area contributed by atoms with Gasteiger partial charge in [0, 0.05) is 18.7 Å². The maximum absolute atomic E-state index is 13.2. The van der Waals surface area contributed by atoms with Crippen molar-refractivity contribution in [3.63, 3.8) is 0 Å². The summed E-state index contributed by atoms with van der Waals surface area (Å²) >= 11 is 0. The third-order valence-corrected chi connectivity index (χ3v) is 6.33. The fourth-order valence-corrected chi connectivity index (χ4v) is 4.26. The van der Waals surface area contributed by atoms with E-state index in [-0.39, 0.29) is 16.7 Å². The van der Waals surface area contributed by atoms with E-state index in [1.165, 1.54) is 0 Å². The van der Waals surface area contributed by atoms with Gasteiger partial charge in [0.05, 0.1) is 18.2 Å². The SMILES string of the molecule is CCCOc1ccc(C(O)=C2C(=O)C(=O)N(CCN(C)C)[C@@H]2c2ccc(C(C)(C)C)cc2)cc1C. The van der Waals surface area contributed by atoms with Crippen LogP contribution in [0, 0.1) is 6.92 Å². The Kier molecular flexibility index (Phi) is 8.06. The molecule has 6 heteroatoms. The zero-order chi connectivity index (χ0) is 25.9. The topological polar surface area (TPSA) is 70.1 Å². The fourth-order valence-electron chi connectivity index (χ4n) is 4.26. The van der Waals surface area contributed by atoms with Crippen molar-refractivity contribution in [3.05, 3.63) is 70.3 Å². The van der Waals surface area contributed by atoms with E-state index >= 15 is 0 Å². The molecule has 1 atom stereocenters. The summed E-state index contributed by atoms with van der Waals surface area (Å²) in [5.41, 5.74) is 3.41. The van der Waals surface area contributed by atoms with E-state index in [1.54, 1.807) is 23.1 Å². The van der Waals surface area contributed by atoms with Crippen molar-refractivity contribution >= 4 is 17.4 Å². The zero-order valence-electron chi connectivity index (χ0n) is 22.0. The van der Waals surface area contributed by atoms with Crippen molar-refractivity contribution in [2.45, 2.75) is 52.5 Å². The van der Waals surface area contributed by atoms with Gasteiger partial charge in [-0.1, -0.05) is 52.0 Å². The summed E-state index contributed by atoms with van der Waals surface area (Å²) in [6.07, 6.45) is 0.894. The number of ether oxygens (including phenoxy) is 1. The molecule has 0 radical (unpaired) electrons. The molecule has 1 heterocycles. The zero-order valence-corrected chi connectivity index (χ0v) is 22.0. The van der Waals surface area contributed by atoms with Crippen molar-refractivity contribution < 1.29 is 19.4 Å². The Balaban J connectivity index is 2.10. The standard InChI is InChI=1S/C29H38N2O4/c1-8-17-35-23-14-11-21(18-19(23)2)26(32)24-25(20-9-12-22(13-10-20)29(3,4)5)31(16-15-30(6)7)28(34)27(24)33/h9-14,18,25,32H,8,15-17H2,1-7H3/t25-/m1/s1. The molecule has 1 fully saturated rings. The molecule has 0 aliphatic carbocycles. The first-order chi connectivity index (χ1) is 16.5. The van der Waals surface area contributed by atoms with Gasteiger partial charge in [-0.3, -0.25) is 9.59 Å². The van der Waals surface area contributed by atoms with Crippen LogP contribution in [0.2, 0.25) is 0 Å². The van der Waals surface area contributed by atoms with Crippen LogP contribution in [-0.2, 0) is 15.0 Å².